The van der Waals surface area contributed by atoms with Crippen molar-refractivity contribution in [2.45, 2.75) is 50.7 Å². The number of benzene rings is 1. The minimum atomic E-state index is -0.551. The zero-order valence-corrected chi connectivity index (χ0v) is 14.6. The molecule has 1 N–H and O–H groups in total. The summed E-state index contributed by atoms with van der Waals surface area (Å²) in [4.78, 5) is 35.0. The van der Waals surface area contributed by atoms with Gasteiger partial charge in [0.1, 0.15) is 11.9 Å². The molecule has 1 aliphatic carbocycles. The van der Waals surface area contributed by atoms with Crippen molar-refractivity contribution in [3.8, 4) is 0 Å². The van der Waals surface area contributed by atoms with Crippen molar-refractivity contribution in [1.29, 1.82) is 0 Å². The normalized spacial score (nSPS) is 25.7. The summed E-state index contributed by atoms with van der Waals surface area (Å²) in [5, 5.41) is 5.68. The molecule has 0 spiro atoms. The number of anilines is 1. The lowest BCUT2D eigenvalue weighted by Crippen LogP contribution is -2.33. The second-order valence-corrected chi connectivity index (χ2v) is 6.87. The number of hydrogen-bond acceptors (Lipinski definition) is 5. The minimum Gasteiger partial charge on any atom is -0.442 e. The number of carbonyl (C=O) groups is 2. The van der Waals surface area contributed by atoms with E-state index in [1.165, 1.54) is 17.9 Å². The van der Waals surface area contributed by atoms with Gasteiger partial charge in [0.25, 0.3) is 0 Å². The number of halogens is 1. The molecule has 0 bridgehead atoms. The third kappa shape index (κ3) is 4.00. The lowest BCUT2D eigenvalue weighted by atomic mass is 9.82. The van der Waals surface area contributed by atoms with Gasteiger partial charge in [-0.1, -0.05) is 11.2 Å². The van der Waals surface area contributed by atoms with E-state index in [9.17, 15) is 18.9 Å². The maximum Gasteiger partial charge on any atom is 0.414 e. The van der Waals surface area contributed by atoms with Crippen LogP contribution in [-0.4, -0.2) is 37.2 Å². The lowest BCUT2D eigenvalue weighted by Gasteiger charge is -2.25. The van der Waals surface area contributed by atoms with E-state index in [-0.39, 0.29) is 36.8 Å². The number of carbonyl (C=O) groups excluding carboxylic acids is 2. The van der Waals surface area contributed by atoms with Crippen molar-refractivity contribution >= 4 is 17.7 Å². The van der Waals surface area contributed by atoms with Crippen molar-refractivity contribution in [3.63, 3.8) is 0 Å². The molecule has 1 aromatic carbocycles. The first-order chi connectivity index (χ1) is 12.5. The molecular weight excluding hydrogens is 341 g/mol. The fourth-order valence-corrected chi connectivity index (χ4v) is 3.60. The molecule has 3 rings (SSSR count). The molecule has 1 saturated heterocycles. The Bertz CT molecular complexity index is 704. The van der Waals surface area contributed by atoms with E-state index in [1.54, 1.807) is 12.1 Å². The molecule has 140 valence electrons. The third-order valence-electron chi connectivity index (χ3n) is 5.03. The number of hydrogen-bond donors (Lipinski definition) is 1. The van der Waals surface area contributed by atoms with Crippen LogP contribution >= 0.6 is 0 Å². The zero-order valence-electron chi connectivity index (χ0n) is 14.6. The molecule has 1 heterocycles. The lowest BCUT2D eigenvalue weighted by molar-refractivity contribution is -0.119. The second kappa shape index (κ2) is 7.80. The van der Waals surface area contributed by atoms with Gasteiger partial charge in [0, 0.05) is 6.92 Å². The van der Waals surface area contributed by atoms with Crippen LogP contribution in [0.15, 0.2) is 23.4 Å². The van der Waals surface area contributed by atoms with Gasteiger partial charge in [0.15, 0.2) is 0 Å². The largest absolute Gasteiger partial charge is 0.442 e. The number of rotatable bonds is 5. The first kappa shape index (κ1) is 18.3. The number of nitroso groups, excluding NO2 is 1. The Morgan fingerprint density at radius 2 is 2.08 bits per heavy atom. The maximum absolute atomic E-state index is 14.6. The maximum atomic E-state index is 14.6. The summed E-state index contributed by atoms with van der Waals surface area (Å²) in [5.74, 6) is -0.488. The number of cyclic esters (lactones) is 1. The number of nitrogens with zero attached hydrogens (tertiary/aromatic N) is 2. The Labute approximate surface area is 150 Å². The average Bonchev–Trinajstić information content (AvgIpc) is 3.01. The number of ether oxygens (including phenoxy) is 1. The minimum absolute atomic E-state index is 0.0695. The van der Waals surface area contributed by atoms with E-state index in [0.717, 1.165) is 12.8 Å². The fourth-order valence-electron chi connectivity index (χ4n) is 3.60. The number of amides is 2. The molecule has 1 aliphatic heterocycles. The summed E-state index contributed by atoms with van der Waals surface area (Å²) in [6, 6.07) is 4.61. The van der Waals surface area contributed by atoms with Crippen LogP contribution in [0.3, 0.4) is 0 Å². The molecule has 1 unspecified atom stereocenters. The number of nitrogens with one attached hydrogen (secondary N) is 1. The van der Waals surface area contributed by atoms with Crippen molar-refractivity contribution < 1.29 is 18.7 Å². The van der Waals surface area contributed by atoms with Crippen LogP contribution in [0.2, 0.25) is 0 Å². The average molecular weight is 363 g/mol. The summed E-state index contributed by atoms with van der Waals surface area (Å²) in [5.41, 5.74) is 1.05. The first-order valence-corrected chi connectivity index (χ1v) is 8.82. The van der Waals surface area contributed by atoms with Gasteiger partial charge in [-0.15, -0.1) is 0 Å². The van der Waals surface area contributed by atoms with Crippen LogP contribution in [0.1, 0.15) is 44.1 Å². The van der Waals surface area contributed by atoms with Crippen LogP contribution in [0.5, 0.6) is 0 Å². The van der Waals surface area contributed by atoms with E-state index in [0.29, 0.717) is 24.1 Å². The van der Waals surface area contributed by atoms with Crippen LogP contribution in [0.4, 0.5) is 14.9 Å². The summed E-state index contributed by atoms with van der Waals surface area (Å²) in [6.45, 7) is 1.88. The Balaban J connectivity index is 1.67. The van der Waals surface area contributed by atoms with Gasteiger partial charge in [0.2, 0.25) is 5.91 Å². The summed E-state index contributed by atoms with van der Waals surface area (Å²) in [7, 11) is 0. The molecule has 1 aromatic rings. The van der Waals surface area contributed by atoms with Gasteiger partial charge in [-0.2, -0.15) is 4.91 Å². The van der Waals surface area contributed by atoms with E-state index in [1.807, 2.05) is 0 Å². The smallest absolute Gasteiger partial charge is 0.414 e. The Kier molecular flexibility index (Phi) is 5.49. The van der Waals surface area contributed by atoms with Gasteiger partial charge >= 0.3 is 6.09 Å². The molecule has 2 fully saturated rings. The summed E-state index contributed by atoms with van der Waals surface area (Å²) >= 11 is 0. The zero-order chi connectivity index (χ0) is 18.7. The van der Waals surface area contributed by atoms with Gasteiger partial charge in [0.05, 0.1) is 24.8 Å². The molecule has 26 heavy (non-hydrogen) atoms. The Morgan fingerprint density at radius 1 is 1.35 bits per heavy atom. The molecular formula is C18H22FN3O4. The van der Waals surface area contributed by atoms with E-state index < -0.39 is 12.2 Å². The summed E-state index contributed by atoms with van der Waals surface area (Å²) in [6.07, 6.45) is 1.82. The standard InChI is InChI=1S/C18H22FN3O4/c1-11(23)20-9-15-10-22(18(24)26-15)14-6-7-16(17(19)8-14)12-2-4-13(21-25)5-3-12/h6-8,12-13,15H,2-5,9-10H2,1H3,(H,20,23). The van der Waals surface area contributed by atoms with E-state index in [2.05, 4.69) is 10.5 Å². The van der Waals surface area contributed by atoms with Crippen LogP contribution in [0.25, 0.3) is 0 Å². The van der Waals surface area contributed by atoms with Gasteiger partial charge in [-0.3, -0.25) is 9.69 Å². The predicted octanol–water partition coefficient (Wildman–Crippen LogP) is 3.08. The molecule has 1 atom stereocenters. The van der Waals surface area contributed by atoms with E-state index >= 15 is 0 Å². The molecule has 2 aliphatic rings. The SMILES string of the molecule is CC(=O)NCC1CN(c2ccc(C3CCC(N=O)CC3)c(F)c2)C(=O)O1. The van der Waals surface area contributed by atoms with Crippen LogP contribution < -0.4 is 10.2 Å². The van der Waals surface area contributed by atoms with Crippen molar-refractivity contribution in [3.05, 3.63) is 34.5 Å². The van der Waals surface area contributed by atoms with Gasteiger partial charge < -0.3 is 10.1 Å². The first-order valence-electron chi connectivity index (χ1n) is 8.82. The highest BCUT2D eigenvalue weighted by molar-refractivity contribution is 5.89. The fraction of sp³-hybridized carbons (Fsp3) is 0.556. The molecule has 1 saturated carbocycles. The molecule has 0 aromatic heterocycles. The van der Waals surface area contributed by atoms with Crippen molar-refractivity contribution in [2.75, 3.05) is 18.0 Å². The van der Waals surface area contributed by atoms with Crippen LogP contribution in [-0.2, 0) is 9.53 Å². The molecule has 2 amide bonds. The highest BCUT2D eigenvalue weighted by Gasteiger charge is 2.33. The van der Waals surface area contributed by atoms with Crippen molar-refractivity contribution in [2.24, 2.45) is 5.18 Å². The topological polar surface area (TPSA) is 88.1 Å². The van der Waals surface area contributed by atoms with Gasteiger partial charge in [-0.25, -0.2) is 9.18 Å². The second-order valence-electron chi connectivity index (χ2n) is 6.87. The molecule has 0 radical (unpaired) electrons. The van der Waals surface area contributed by atoms with E-state index in [4.69, 9.17) is 4.74 Å². The predicted molar refractivity (Wildman–Crippen MR) is 93.5 cm³/mol. The molecule has 8 heteroatoms. The Morgan fingerprint density at radius 3 is 2.69 bits per heavy atom. The molecule has 7 nitrogen and oxygen atoms in total. The quantitative estimate of drug-likeness (QED) is 0.814. The third-order valence-corrected chi connectivity index (χ3v) is 5.03. The summed E-state index contributed by atoms with van der Waals surface area (Å²) < 4.78 is 19.8. The monoisotopic (exact) mass is 363 g/mol. The highest BCUT2D eigenvalue weighted by Crippen LogP contribution is 2.36. The highest BCUT2D eigenvalue weighted by atomic mass is 19.1. The van der Waals surface area contributed by atoms with Crippen molar-refractivity contribution in [1.82, 2.24) is 5.32 Å². The van der Waals surface area contributed by atoms with Gasteiger partial charge in [-0.05, 0) is 49.3 Å². The van der Waals surface area contributed by atoms with Crippen LogP contribution in [0, 0.1) is 10.7 Å². The Hall–Kier alpha value is -2.51.